The lowest BCUT2D eigenvalue weighted by atomic mass is 10.2. The van der Waals surface area contributed by atoms with Gasteiger partial charge in [0.2, 0.25) is 0 Å². The molecular weight excluding hydrogens is 283 g/mol. The Morgan fingerprint density at radius 3 is 2.63 bits per heavy atom. The number of anilines is 1. The summed E-state index contributed by atoms with van der Waals surface area (Å²) >= 11 is 5.47. The quantitative estimate of drug-likeness (QED) is 0.830. The average Bonchev–Trinajstić information content (AvgIpc) is 2.29. The van der Waals surface area contributed by atoms with Crippen molar-refractivity contribution in [2.24, 2.45) is 0 Å². The summed E-state index contributed by atoms with van der Waals surface area (Å²) in [5.74, 6) is -1.08. The molecule has 104 valence electrons. The molecule has 1 aromatic rings. The van der Waals surface area contributed by atoms with E-state index in [1.807, 2.05) is 0 Å². The van der Waals surface area contributed by atoms with Gasteiger partial charge in [-0.3, -0.25) is 0 Å². The van der Waals surface area contributed by atoms with Crippen LogP contribution in [0.4, 0.5) is 18.9 Å². The molecule has 1 aromatic carbocycles. The lowest BCUT2D eigenvalue weighted by Crippen LogP contribution is -2.08. The lowest BCUT2D eigenvalue weighted by molar-refractivity contribution is -0.137. The molecule has 1 rings (SSSR count). The molecule has 2 N–H and O–H groups in total. The van der Waals surface area contributed by atoms with Gasteiger partial charge in [0.25, 0.3) is 0 Å². The zero-order chi connectivity index (χ0) is 14.6. The summed E-state index contributed by atoms with van der Waals surface area (Å²) in [4.78, 5) is 10.5. The standard InChI is InChI=1S/C12H11ClF3NO2/c1-7(11(18)19)4-5-17-8-2-3-10(13)9(6-8)12(14,15)16/h2-4,6,17H,5H2,1H3,(H,18,19)/b7-4-. The summed E-state index contributed by atoms with van der Waals surface area (Å²) in [6, 6.07) is 3.41. The van der Waals surface area contributed by atoms with E-state index in [1.165, 1.54) is 19.1 Å². The van der Waals surface area contributed by atoms with E-state index in [1.54, 1.807) is 0 Å². The van der Waals surface area contributed by atoms with E-state index in [9.17, 15) is 18.0 Å². The molecule has 19 heavy (non-hydrogen) atoms. The second-order valence-corrected chi connectivity index (χ2v) is 4.17. The normalized spacial score (nSPS) is 12.4. The minimum Gasteiger partial charge on any atom is -0.478 e. The fourth-order valence-corrected chi connectivity index (χ4v) is 1.49. The van der Waals surface area contributed by atoms with Crippen molar-refractivity contribution in [1.29, 1.82) is 0 Å². The first-order valence-electron chi connectivity index (χ1n) is 5.22. The first-order chi connectivity index (χ1) is 8.71. The molecule has 0 aliphatic heterocycles. The van der Waals surface area contributed by atoms with Crippen LogP contribution in [0.15, 0.2) is 29.8 Å². The lowest BCUT2D eigenvalue weighted by Gasteiger charge is -2.11. The molecule has 0 aliphatic carbocycles. The van der Waals surface area contributed by atoms with E-state index in [2.05, 4.69) is 5.32 Å². The van der Waals surface area contributed by atoms with Crippen molar-refractivity contribution in [3.63, 3.8) is 0 Å². The van der Waals surface area contributed by atoms with Gasteiger partial charge in [-0.05, 0) is 25.1 Å². The van der Waals surface area contributed by atoms with Gasteiger partial charge in [0, 0.05) is 17.8 Å². The van der Waals surface area contributed by atoms with Crippen LogP contribution in [0.1, 0.15) is 12.5 Å². The van der Waals surface area contributed by atoms with Gasteiger partial charge in [0.15, 0.2) is 0 Å². The highest BCUT2D eigenvalue weighted by Gasteiger charge is 2.33. The van der Waals surface area contributed by atoms with E-state index in [0.29, 0.717) is 0 Å². The van der Waals surface area contributed by atoms with Crippen LogP contribution in [-0.2, 0) is 11.0 Å². The second-order valence-electron chi connectivity index (χ2n) is 3.77. The van der Waals surface area contributed by atoms with Crippen molar-refractivity contribution in [3.05, 3.63) is 40.4 Å². The summed E-state index contributed by atoms with van der Waals surface area (Å²) in [5.41, 5.74) is -0.609. The van der Waals surface area contributed by atoms with Gasteiger partial charge in [0.05, 0.1) is 10.6 Å². The molecule has 0 atom stereocenters. The smallest absolute Gasteiger partial charge is 0.417 e. The molecule has 0 amide bonds. The van der Waals surface area contributed by atoms with Crippen molar-refractivity contribution in [2.75, 3.05) is 11.9 Å². The van der Waals surface area contributed by atoms with Crippen LogP contribution in [0.25, 0.3) is 0 Å². The van der Waals surface area contributed by atoms with Crippen molar-refractivity contribution in [1.82, 2.24) is 0 Å². The van der Waals surface area contributed by atoms with Crippen molar-refractivity contribution in [2.45, 2.75) is 13.1 Å². The van der Waals surface area contributed by atoms with Crippen LogP contribution in [-0.4, -0.2) is 17.6 Å². The Morgan fingerprint density at radius 1 is 1.47 bits per heavy atom. The van der Waals surface area contributed by atoms with Crippen molar-refractivity contribution < 1.29 is 23.1 Å². The molecule has 7 heteroatoms. The number of aliphatic carboxylic acids is 1. The van der Waals surface area contributed by atoms with Crippen LogP contribution in [0.2, 0.25) is 5.02 Å². The highest BCUT2D eigenvalue weighted by Crippen LogP contribution is 2.36. The van der Waals surface area contributed by atoms with Gasteiger partial charge in [-0.1, -0.05) is 17.7 Å². The molecule has 0 unspecified atom stereocenters. The number of hydrogen-bond acceptors (Lipinski definition) is 2. The predicted molar refractivity (Wildman–Crippen MR) is 66.3 cm³/mol. The Morgan fingerprint density at radius 2 is 2.11 bits per heavy atom. The Balaban J connectivity index is 2.82. The third-order valence-electron chi connectivity index (χ3n) is 2.32. The molecular formula is C12H11ClF3NO2. The number of halogens is 4. The van der Waals surface area contributed by atoms with Crippen LogP contribution in [0.5, 0.6) is 0 Å². The molecule has 0 heterocycles. The van der Waals surface area contributed by atoms with Gasteiger partial charge in [0.1, 0.15) is 0 Å². The second kappa shape index (κ2) is 5.97. The molecule has 0 radical (unpaired) electrons. The van der Waals surface area contributed by atoms with E-state index in [4.69, 9.17) is 16.7 Å². The molecule has 0 fully saturated rings. The van der Waals surface area contributed by atoms with Gasteiger partial charge in [-0.15, -0.1) is 0 Å². The summed E-state index contributed by atoms with van der Waals surface area (Å²) < 4.78 is 37.7. The summed E-state index contributed by atoms with van der Waals surface area (Å²) in [7, 11) is 0. The first-order valence-corrected chi connectivity index (χ1v) is 5.60. The van der Waals surface area contributed by atoms with E-state index in [0.717, 1.165) is 12.1 Å². The highest BCUT2D eigenvalue weighted by molar-refractivity contribution is 6.31. The first kappa shape index (κ1) is 15.4. The summed E-state index contributed by atoms with van der Waals surface area (Å²) in [6.45, 7) is 1.50. The van der Waals surface area contributed by atoms with Gasteiger partial charge in [-0.2, -0.15) is 13.2 Å². The predicted octanol–water partition coefficient (Wildman–Crippen LogP) is 3.80. The Bertz CT molecular complexity index is 512. The molecule has 3 nitrogen and oxygen atoms in total. The van der Waals surface area contributed by atoms with E-state index >= 15 is 0 Å². The Kier molecular flexibility index (Phi) is 4.83. The Labute approximate surface area is 112 Å². The third kappa shape index (κ3) is 4.48. The molecule has 0 aromatic heterocycles. The number of carboxylic acids is 1. The van der Waals surface area contributed by atoms with Crippen molar-refractivity contribution in [3.8, 4) is 0 Å². The zero-order valence-corrected chi connectivity index (χ0v) is 10.6. The number of nitrogens with one attached hydrogen (secondary N) is 1. The molecule has 0 saturated carbocycles. The number of carboxylic acid groups (broad SMARTS) is 1. The zero-order valence-electron chi connectivity index (χ0n) is 9.88. The number of benzene rings is 1. The average molecular weight is 294 g/mol. The van der Waals surface area contributed by atoms with Crippen LogP contribution in [0.3, 0.4) is 0 Å². The molecule has 0 aliphatic rings. The monoisotopic (exact) mass is 293 g/mol. The number of alkyl halides is 3. The minimum atomic E-state index is -4.53. The van der Waals surface area contributed by atoms with Gasteiger partial charge in [-0.25, -0.2) is 4.79 Å². The fraction of sp³-hybridized carbons (Fsp3) is 0.250. The minimum absolute atomic E-state index is 0.108. The van der Waals surface area contributed by atoms with Crippen LogP contribution < -0.4 is 5.32 Å². The maximum atomic E-state index is 12.6. The molecule has 0 bridgehead atoms. The fourth-order valence-electron chi connectivity index (χ4n) is 1.26. The van der Waals surface area contributed by atoms with Crippen molar-refractivity contribution >= 4 is 23.3 Å². The molecule has 0 spiro atoms. The SMILES string of the molecule is C/C(=C/CNc1ccc(Cl)c(C(F)(F)F)c1)C(=O)O. The van der Waals surface area contributed by atoms with Gasteiger partial charge < -0.3 is 10.4 Å². The van der Waals surface area contributed by atoms with Crippen LogP contribution in [0, 0.1) is 0 Å². The Hall–Kier alpha value is -1.69. The highest BCUT2D eigenvalue weighted by atomic mass is 35.5. The summed E-state index contributed by atoms with van der Waals surface area (Å²) in [6.07, 6.45) is -3.16. The molecule has 0 saturated heterocycles. The number of hydrogen-bond donors (Lipinski definition) is 2. The third-order valence-corrected chi connectivity index (χ3v) is 2.65. The number of carbonyl (C=O) groups is 1. The largest absolute Gasteiger partial charge is 0.478 e. The van der Waals surface area contributed by atoms with E-state index < -0.39 is 17.7 Å². The van der Waals surface area contributed by atoms with Crippen LogP contribution >= 0.6 is 11.6 Å². The van der Waals surface area contributed by atoms with Gasteiger partial charge >= 0.3 is 12.1 Å². The van der Waals surface area contributed by atoms with E-state index in [-0.39, 0.29) is 22.8 Å². The maximum absolute atomic E-state index is 12.6. The topological polar surface area (TPSA) is 49.3 Å². The number of rotatable bonds is 4. The maximum Gasteiger partial charge on any atom is 0.417 e. The summed E-state index contributed by atoms with van der Waals surface area (Å²) in [5, 5.41) is 10.9.